The molecule has 3 aliphatic carbocycles. The zero-order valence-corrected chi connectivity index (χ0v) is 6.55. The molecule has 0 N–H and O–H groups in total. The molecule has 2 atom stereocenters. The second-order valence-corrected chi connectivity index (χ2v) is 4.58. The Morgan fingerprint density at radius 3 is 1.20 bits per heavy atom. The molecule has 3 saturated carbocycles. The maximum absolute atomic E-state index is 1.60. The van der Waals surface area contributed by atoms with E-state index < -0.39 is 0 Å². The van der Waals surface area contributed by atoms with Crippen molar-refractivity contribution in [3.63, 3.8) is 0 Å². The van der Waals surface area contributed by atoms with Gasteiger partial charge in [0.15, 0.2) is 0 Å². The first kappa shape index (κ1) is 5.62. The van der Waals surface area contributed by atoms with Crippen molar-refractivity contribution >= 4 is 0 Å². The third-order valence-corrected chi connectivity index (χ3v) is 4.12. The highest BCUT2D eigenvalue weighted by Gasteiger charge is 2.47. The Kier molecular flexibility index (Phi) is 1.00. The van der Waals surface area contributed by atoms with E-state index in [0.717, 1.165) is 0 Å². The van der Waals surface area contributed by atoms with Gasteiger partial charge < -0.3 is 0 Å². The van der Waals surface area contributed by atoms with Crippen LogP contribution in [0.4, 0.5) is 0 Å². The molecule has 0 nitrogen and oxygen atoms in total. The van der Waals surface area contributed by atoms with Gasteiger partial charge in [0.25, 0.3) is 0 Å². The Morgan fingerprint density at radius 2 is 0.900 bits per heavy atom. The Morgan fingerprint density at radius 1 is 0.500 bits per heavy atom. The first-order valence-electron chi connectivity index (χ1n) is 4.95. The number of rotatable bonds is 1. The summed E-state index contributed by atoms with van der Waals surface area (Å²) in [5.74, 6) is 4.83. The monoisotopic (exact) mass is 136 g/mol. The number of hydrogen-bond donors (Lipinski definition) is 0. The molecule has 0 spiro atoms. The zero-order chi connectivity index (χ0) is 6.55. The van der Waals surface area contributed by atoms with E-state index in [0.29, 0.717) is 0 Å². The summed E-state index contributed by atoms with van der Waals surface area (Å²) >= 11 is 0. The molecular formula is C10H16. The fourth-order valence-corrected chi connectivity index (χ4v) is 3.25. The molecule has 0 aromatic heterocycles. The van der Waals surface area contributed by atoms with Crippen LogP contribution in [0.3, 0.4) is 0 Å². The van der Waals surface area contributed by atoms with E-state index in [4.69, 9.17) is 0 Å². The smallest absolute Gasteiger partial charge is 0.0355 e. The highest BCUT2D eigenvalue weighted by Crippen LogP contribution is 2.57. The average molecular weight is 136 g/mol. The van der Waals surface area contributed by atoms with Gasteiger partial charge in [-0.3, -0.25) is 0 Å². The molecule has 0 aromatic rings. The van der Waals surface area contributed by atoms with Crippen molar-refractivity contribution in [2.45, 2.75) is 38.5 Å². The third kappa shape index (κ3) is 0.627. The van der Waals surface area contributed by atoms with E-state index in [1.165, 1.54) is 23.7 Å². The Hall–Kier alpha value is 0. The normalized spacial score (nSPS) is 52.2. The van der Waals surface area contributed by atoms with Gasteiger partial charge in [-0.2, -0.15) is 0 Å². The topological polar surface area (TPSA) is 0 Å². The largest absolute Gasteiger partial charge is 0.0499 e. The van der Waals surface area contributed by atoms with Crippen LogP contribution in [-0.4, -0.2) is 0 Å². The first-order chi connectivity index (χ1) is 4.95. The van der Waals surface area contributed by atoms with Crippen LogP contribution in [0.5, 0.6) is 0 Å². The van der Waals surface area contributed by atoms with Gasteiger partial charge in [-0.05, 0) is 62.2 Å². The van der Waals surface area contributed by atoms with Crippen molar-refractivity contribution in [3.05, 3.63) is 0 Å². The van der Waals surface area contributed by atoms with Gasteiger partial charge in [0.2, 0.25) is 0 Å². The van der Waals surface area contributed by atoms with Gasteiger partial charge in [0.1, 0.15) is 0 Å². The first-order valence-corrected chi connectivity index (χ1v) is 4.95. The maximum Gasteiger partial charge on any atom is -0.0355 e. The van der Waals surface area contributed by atoms with Crippen molar-refractivity contribution in [1.29, 1.82) is 0 Å². The summed E-state index contributed by atoms with van der Waals surface area (Å²) < 4.78 is 0. The molecule has 3 rings (SSSR count). The molecule has 0 heteroatoms. The predicted octanol–water partition coefficient (Wildman–Crippen LogP) is 2.83. The minimum absolute atomic E-state index is 1.20. The fraction of sp³-hybridized carbons (Fsp3) is 1.00. The Labute approximate surface area is 63.0 Å². The number of fused-ring (bicyclic) bond motifs is 1. The molecular weight excluding hydrogens is 120 g/mol. The summed E-state index contributed by atoms with van der Waals surface area (Å²) in [6, 6.07) is 0. The summed E-state index contributed by atoms with van der Waals surface area (Å²) in [5, 5.41) is 0. The van der Waals surface area contributed by atoms with Crippen molar-refractivity contribution in [2.75, 3.05) is 0 Å². The van der Waals surface area contributed by atoms with E-state index in [9.17, 15) is 0 Å². The van der Waals surface area contributed by atoms with Crippen molar-refractivity contribution < 1.29 is 0 Å². The van der Waals surface area contributed by atoms with Crippen LogP contribution in [0.2, 0.25) is 0 Å². The summed E-state index contributed by atoms with van der Waals surface area (Å²) in [5.41, 5.74) is 0. The van der Waals surface area contributed by atoms with Crippen LogP contribution >= 0.6 is 0 Å². The lowest BCUT2D eigenvalue weighted by Gasteiger charge is -2.34. The second kappa shape index (κ2) is 1.78. The highest BCUT2D eigenvalue weighted by molar-refractivity contribution is 4.97. The van der Waals surface area contributed by atoms with Crippen LogP contribution in [0, 0.1) is 23.7 Å². The van der Waals surface area contributed by atoms with E-state index in [2.05, 4.69) is 0 Å². The lowest BCUT2D eigenvalue weighted by atomic mass is 9.71. The average Bonchev–Trinajstić information content (AvgIpc) is 2.61. The van der Waals surface area contributed by atoms with E-state index in [1.807, 2.05) is 0 Å². The zero-order valence-electron chi connectivity index (χ0n) is 6.55. The van der Waals surface area contributed by atoms with E-state index >= 15 is 0 Å². The van der Waals surface area contributed by atoms with Crippen LogP contribution in [0.15, 0.2) is 0 Å². The van der Waals surface area contributed by atoms with Crippen molar-refractivity contribution in [2.24, 2.45) is 23.7 Å². The standard InChI is InChI=1S/C10H16/c1-2-7(1)9-5-3-8-4-6-10(8)9/h7-10H,1-6H2. The minimum Gasteiger partial charge on any atom is -0.0499 e. The second-order valence-electron chi connectivity index (χ2n) is 4.58. The minimum atomic E-state index is 1.20. The van der Waals surface area contributed by atoms with Gasteiger partial charge in [0.05, 0.1) is 0 Å². The van der Waals surface area contributed by atoms with Gasteiger partial charge in [-0.15, -0.1) is 0 Å². The van der Waals surface area contributed by atoms with Crippen molar-refractivity contribution in [1.82, 2.24) is 0 Å². The molecule has 0 radical (unpaired) electrons. The molecule has 0 aromatic carbocycles. The van der Waals surface area contributed by atoms with Crippen LogP contribution in [0.1, 0.15) is 38.5 Å². The molecule has 0 heterocycles. The Bertz CT molecular complexity index is 146. The lowest BCUT2D eigenvalue weighted by Crippen LogP contribution is -2.25. The molecule has 3 aliphatic rings. The lowest BCUT2D eigenvalue weighted by molar-refractivity contribution is 0.159. The molecule has 2 unspecified atom stereocenters. The molecule has 0 amide bonds. The quantitative estimate of drug-likeness (QED) is 0.520. The maximum atomic E-state index is 1.60. The summed E-state index contributed by atoms with van der Waals surface area (Å²) in [7, 11) is 0. The third-order valence-electron chi connectivity index (χ3n) is 4.12. The fourth-order valence-electron chi connectivity index (χ4n) is 3.25. The molecule has 0 saturated heterocycles. The predicted molar refractivity (Wildman–Crippen MR) is 41.7 cm³/mol. The van der Waals surface area contributed by atoms with E-state index in [1.54, 1.807) is 38.5 Å². The summed E-state index contributed by atoms with van der Waals surface area (Å²) in [6.07, 6.45) is 9.51. The molecule has 0 bridgehead atoms. The van der Waals surface area contributed by atoms with Crippen LogP contribution < -0.4 is 0 Å². The summed E-state index contributed by atoms with van der Waals surface area (Å²) in [6.45, 7) is 0. The highest BCUT2D eigenvalue weighted by atomic mass is 14.5. The molecule has 0 aliphatic heterocycles. The van der Waals surface area contributed by atoms with E-state index in [-0.39, 0.29) is 0 Å². The van der Waals surface area contributed by atoms with Gasteiger partial charge in [0, 0.05) is 0 Å². The SMILES string of the molecule is C1CC1C1CCC2CCC21. The molecule has 3 fully saturated rings. The van der Waals surface area contributed by atoms with Gasteiger partial charge >= 0.3 is 0 Å². The molecule has 10 heavy (non-hydrogen) atoms. The van der Waals surface area contributed by atoms with Crippen LogP contribution in [0.25, 0.3) is 0 Å². The molecule has 56 valence electrons. The summed E-state index contributed by atoms with van der Waals surface area (Å²) in [4.78, 5) is 0. The van der Waals surface area contributed by atoms with Gasteiger partial charge in [-0.25, -0.2) is 0 Å². The van der Waals surface area contributed by atoms with Crippen LogP contribution in [-0.2, 0) is 0 Å². The number of hydrogen-bond acceptors (Lipinski definition) is 0. The Balaban J connectivity index is 1.74. The van der Waals surface area contributed by atoms with Crippen molar-refractivity contribution in [3.8, 4) is 0 Å². The van der Waals surface area contributed by atoms with Gasteiger partial charge in [-0.1, -0.05) is 0 Å².